The number of alkyl halides is 3. The van der Waals surface area contributed by atoms with E-state index in [0.29, 0.717) is 23.3 Å². The molecule has 0 aliphatic carbocycles. The maximum absolute atomic E-state index is 13.0. The number of nitrogens with zero attached hydrogens (tertiary/aromatic N) is 3. The van der Waals surface area contributed by atoms with Crippen LogP contribution in [-0.2, 0) is 16.0 Å². The smallest absolute Gasteiger partial charge is 0.472 e. The van der Waals surface area contributed by atoms with Gasteiger partial charge in [0.15, 0.2) is 0 Å². The summed E-state index contributed by atoms with van der Waals surface area (Å²) in [7, 11) is 1.46. The molecule has 1 aromatic heterocycles. The molecule has 204 valence electrons. The Morgan fingerprint density at radius 2 is 1.95 bits per heavy atom. The van der Waals surface area contributed by atoms with Crippen molar-refractivity contribution in [1.82, 2.24) is 20.2 Å². The van der Waals surface area contributed by atoms with Crippen LogP contribution in [0.4, 0.5) is 18.9 Å². The van der Waals surface area contributed by atoms with Crippen LogP contribution in [0.3, 0.4) is 0 Å². The maximum Gasteiger partial charge on any atom is 0.472 e. The molecule has 2 amide bonds. The summed E-state index contributed by atoms with van der Waals surface area (Å²) in [6.45, 7) is 5.18. The van der Waals surface area contributed by atoms with Gasteiger partial charge >= 0.3 is 12.1 Å². The van der Waals surface area contributed by atoms with Crippen molar-refractivity contribution >= 4 is 29.5 Å². The summed E-state index contributed by atoms with van der Waals surface area (Å²) in [4.78, 5) is 41.1. The molecule has 4 N–H and O–H groups in total. The van der Waals surface area contributed by atoms with Crippen LogP contribution in [0, 0.1) is 17.2 Å². The molecule has 2 atom stereocenters. The van der Waals surface area contributed by atoms with Gasteiger partial charge in [-0.15, -0.1) is 0 Å². The molecule has 38 heavy (non-hydrogen) atoms. The van der Waals surface area contributed by atoms with E-state index in [-0.39, 0.29) is 28.2 Å². The van der Waals surface area contributed by atoms with Crippen LogP contribution < -0.4 is 21.1 Å². The number of imidazole rings is 1. The topological polar surface area (TPSA) is 152 Å². The second-order valence-electron chi connectivity index (χ2n) is 8.90. The van der Waals surface area contributed by atoms with E-state index in [1.807, 2.05) is 13.8 Å². The number of nitrogens with one attached hydrogen (secondary N) is 2. The number of aromatic nitrogens is 2. The molecule has 1 heterocycles. The van der Waals surface area contributed by atoms with Crippen molar-refractivity contribution < 1.29 is 32.3 Å². The summed E-state index contributed by atoms with van der Waals surface area (Å²) >= 11 is 0. The molecule has 0 saturated heterocycles. The lowest BCUT2D eigenvalue weighted by Crippen LogP contribution is -2.50. The highest BCUT2D eigenvalue weighted by molar-refractivity contribution is 6.00. The number of ether oxygens (including phenoxy) is 1. The van der Waals surface area contributed by atoms with E-state index in [0.717, 1.165) is 6.20 Å². The van der Waals surface area contributed by atoms with E-state index in [2.05, 4.69) is 15.6 Å². The summed E-state index contributed by atoms with van der Waals surface area (Å²) in [5.41, 5.74) is 6.89. The molecule has 0 bridgehead atoms. The number of hydrogen-bond acceptors (Lipinski definition) is 7. The van der Waals surface area contributed by atoms with E-state index < -0.39 is 42.4 Å². The number of carbonyl (C=O) groups excluding carboxylic acids is 3. The minimum Gasteiger partial charge on any atom is -0.496 e. The van der Waals surface area contributed by atoms with E-state index in [4.69, 9.17) is 10.5 Å². The first-order valence-corrected chi connectivity index (χ1v) is 11.5. The molecule has 0 saturated carbocycles. The Morgan fingerprint density at radius 1 is 1.26 bits per heavy atom. The molecule has 1 aromatic carbocycles. The second-order valence-corrected chi connectivity index (χ2v) is 8.90. The number of nitrogens with two attached hydrogens (primary N) is 1. The van der Waals surface area contributed by atoms with Crippen LogP contribution in [-0.4, -0.2) is 52.6 Å². The zero-order valence-electron chi connectivity index (χ0n) is 21.3. The summed E-state index contributed by atoms with van der Waals surface area (Å²) in [6.07, 6.45) is -2.14. The molecule has 0 spiro atoms. The summed E-state index contributed by atoms with van der Waals surface area (Å²) in [6, 6.07) is 4.46. The summed E-state index contributed by atoms with van der Waals surface area (Å²) < 4.78 is 44.1. The van der Waals surface area contributed by atoms with Gasteiger partial charge < -0.3 is 21.1 Å². The number of methoxy groups -OCH3 is 1. The fraction of sp³-hybridized carbons (Fsp3) is 0.400. The molecule has 10 nitrogen and oxygen atoms in total. The van der Waals surface area contributed by atoms with E-state index in [1.165, 1.54) is 20.1 Å². The molecule has 0 radical (unpaired) electrons. The lowest BCUT2D eigenvalue weighted by atomic mass is 10.0. The molecule has 0 unspecified atom stereocenters. The predicted molar refractivity (Wildman–Crippen MR) is 133 cm³/mol. The van der Waals surface area contributed by atoms with Gasteiger partial charge in [-0.2, -0.15) is 18.4 Å². The first-order valence-electron chi connectivity index (χ1n) is 11.5. The van der Waals surface area contributed by atoms with Gasteiger partial charge in [0, 0.05) is 35.1 Å². The number of carbonyl (C=O) groups is 3. The van der Waals surface area contributed by atoms with Crippen LogP contribution in [0.2, 0.25) is 0 Å². The molecule has 2 aromatic rings. The summed E-state index contributed by atoms with van der Waals surface area (Å²) in [5.74, 6) is -3.04. The molecule has 0 aliphatic heterocycles. The number of halogens is 3. The number of benzene rings is 1. The molecule has 0 fully saturated rings. The molecule has 13 heteroatoms. The fourth-order valence-electron chi connectivity index (χ4n) is 3.55. The Hall–Kier alpha value is -4.34. The van der Waals surface area contributed by atoms with Gasteiger partial charge in [-0.05, 0) is 37.5 Å². The predicted octanol–water partition coefficient (Wildman–Crippen LogP) is 2.86. The van der Waals surface area contributed by atoms with E-state index in [9.17, 15) is 32.8 Å². The number of rotatable bonds is 10. The van der Waals surface area contributed by atoms with Crippen molar-refractivity contribution in [2.24, 2.45) is 5.92 Å². The zero-order valence-corrected chi connectivity index (χ0v) is 21.3. The minimum absolute atomic E-state index is 0.0356. The lowest BCUT2D eigenvalue weighted by Gasteiger charge is -2.22. The van der Waals surface area contributed by atoms with Crippen LogP contribution in [0.1, 0.15) is 43.2 Å². The van der Waals surface area contributed by atoms with Crippen molar-refractivity contribution in [3.8, 4) is 11.8 Å². The molecular formula is C25H29F3N6O4. The normalized spacial score (nSPS) is 13.4. The third-order valence-corrected chi connectivity index (χ3v) is 5.43. The first-order chi connectivity index (χ1) is 17.8. The van der Waals surface area contributed by atoms with E-state index in [1.54, 1.807) is 24.3 Å². The van der Waals surface area contributed by atoms with Gasteiger partial charge in [-0.1, -0.05) is 19.9 Å². The molecule has 2 rings (SSSR count). The summed E-state index contributed by atoms with van der Waals surface area (Å²) in [5, 5.41) is 14.6. The highest BCUT2D eigenvalue weighted by atomic mass is 19.4. The van der Waals surface area contributed by atoms with Crippen LogP contribution in [0.5, 0.6) is 5.75 Å². The Morgan fingerprint density at radius 3 is 2.53 bits per heavy atom. The Kier molecular flexibility index (Phi) is 10.0. The number of anilines is 1. The van der Waals surface area contributed by atoms with Crippen LogP contribution in [0.25, 0.3) is 6.08 Å². The van der Waals surface area contributed by atoms with Crippen molar-refractivity contribution in [2.75, 3.05) is 12.8 Å². The molecular weight excluding hydrogens is 505 g/mol. The van der Waals surface area contributed by atoms with E-state index >= 15 is 0 Å². The Bertz CT molecular complexity index is 1250. The van der Waals surface area contributed by atoms with Gasteiger partial charge in [0.05, 0.1) is 13.2 Å². The number of hydrogen-bond donors (Lipinski definition) is 3. The molecule has 0 aliphatic rings. The minimum atomic E-state index is -5.15. The number of amides is 2. The van der Waals surface area contributed by atoms with Gasteiger partial charge in [0.25, 0.3) is 0 Å². The van der Waals surface area contributed by atoms with Crippen LogP contribution >= 0.6 is 0 Å². The van der Waals surface area contributed by atoms with Gasteiger partial charge in [0.1, 0.15) is 24.2 Å². The Labute approximate surface area is 217 Å². The van der Waals surface area contributed by atoms with Crippen molar-refractivity contribution in [1.29, 1.82) is 5.26 Å². The van der Waals surface area contributed by atoms with Crippen LogP contribution in [0.15, 0.2) is 36.3 Å². The number of nitriles is 1. The van der Waals surface area contributed by atoms with Crippen molar-refractivity contribution in [3.05, 3.63) is 47.6 Å². The third-order valence-electron chi connectivity index (χ3n) is 5.43. The largest absolute Gasteiger partial charge is 0.496 e. The second kappa shape index (κ2) is 12.8. The van der Waals surface area contributed by atoms with Gasteiger partial charge in [0.2, 0.25) is 11.8 Å². The highest BCUT2D eigenvalue weighted by Crippen LogP contribution is 2.27. The highest BCUT2D eigenvalue weighted by Gasteiger charge is 2.41. The maximum atomic E-state index is 13.0. The number of nitrogen functional groups attached to an aromatic ring is 1. The monoisotopic (exact) mass is 534 g/mol. The van der Waals surface area contributed by atoms with Crippen molar-refractivity contribution in [3.63, 3.8) is 0 Å². The Balaban J connectivity index is 2.20. The SMILES string of the molecule is COc1cccc(N)c1/C=C(\C)C(=O)N[C@@H](CC(C)C)C(=O)N[C@H](C#N)Cc1cncn1C(=O)C(F)(F)F. The van der Waals surface area contributed by atoms with Crippen molar-refractivity contribution in [2.45, 2.75) is 51.9 Å². The first kappa shape index (κ1) is 29.9. The van der Waals surface area contributed by atoms with Gasteiger partial charge in [-0.3, -0.25) is 19.0 Å². The lowest BCUT2D eigenvalue weighted by molar-refractivity contribution is -0.128. The fourth-order valence-corrected chi connectivity index (χ4v) is 3.55. The standard InChI is InChI=1S/C25H29F3N6O4/c1-14(2)8-20(33-22(35)15(3)9-18-19(30)6-5-7-21(18)38-4)23(36)32-16(11-29)10-17-12-31-13-34(17)24(37)25(26,27)28/h5-7,9,12-14,16,20H,8,10,30H2,1-4H3,(H,32,36)(H,33,35)/b15-9+/t16-,20-/m0/s1. The quantitative estimate of drug-likeness (QED) is 0.313. The third kappa shape index (κ3) is 7.83. The average molecular weight is 535 g/mol. The average Bonchev–Trinajstić information content (AvgIpc) is 3.30. The van der Waals surface area contributed by atoms with Gasteiger partial charge in [-0.25, -0.2) is 4.98 Å². The zero-order chi connectivity index (χ0) is 28.6.